The SMILES string of the molecule is O=C(N1CCN(S(=O)(=O)c2cccnc2)CC1)C1(c2cccc(C(F)(F)F)c2)CCCC1. The molecule has 0 N–H and O–H groups in total. The van der Waals surface area contributed by atoms with Crippen molar-refractivity contribution in [2.75, 3.05) is 26.2 Å². The number of sulfonamides is 1. The van der Waals surface area contributed by atoms with Gasteiger partial charge < -0.3 is 4.90 Å². The van der Waals surface area contributed by atoms with E-state index in [-0.39, 0.29) is 37.0 Å². The standard InChI is InChI=1S/C22H24F3N3O3S/c23-22(24,25)18-6-3-5-17(15-18)21(8-1-2-9-21)20(29)27-11-13-28(14-12-27)32(30,31)19-7-4-10-26-16-19/h3-7,10,15-16H,1-2,8-9,11-14H2. The molecular weight excluding hydrogens is 443 g/mol. The summed E-state index contributed by atoms with van der Waals surface area (Å²) in [4.78, 5) is 19.1. The minimum atomic E-state index is -4.48. The van der Waals surface area contributed by atoms with Gasteiger partial charge in [0.15, 0.2) is 0 Å². The summed E-state index contributed by atoms with van der Waals surface area (Å²) < 4.78 is 66.7. The summed E-state index contributed by atoms with van der Waals surface area (Å²) in [6.07, 6.45) is 0.793. The summed E-state index contributed by atoms with van der Waals surface area (Å²) >= 11 is 0. The van der Waals surface area contributed by atoms with Crippen LogP contribution in [-0.4, -0.2) is 54.7 Å². The van der Waals surface area contributed by atoms with E-state index in [1.165, 1.54) is 28.8 Å². The fourth-order valence-electron chi connectivity index (χ4n) is 4.68. The predicted octanol–water partition coefficient (Wildman–Crippen LogP) is 3.45. The highest BCUT2D eigenvalue weighted by Gasteiger charge is 2.46. The van der Waals surface area contributed by atoms with Crippen LogP contribution in [-0.2, 0) is 26.4 Å². The molecule has 4 rings (SSSR count). The number of pyridine rings is 1. The van der Waals surface area contributed by atoms with E-state index in [1.54, 1.807) is 17.0 Å². The molecule has 1 aromatic carbocycles. The van der Waals surface area contributed by atoms with Gasteiger partial charge in [0.25, 0.3) is 0 Å². The first-order valence-corrected chi connectivity index (χ1v) is 12.0. The third kappa shape index (κ3) is 4.13. The Morgan fingerprint density at radius 2 is 1.69 bits per heavy atom. The highest BCUT2D eigenvalue weighted by Crippen LogP contribution is 2.44. The molecule has 1 aliphatic carbocycles. The van der Waals surface area contributed by atoms with Crippen LogP contribution in [0.2, 0.25) is 0 Å². The normalized spacial score (nSPS) is 19.8. The van der Waals surface area contributed by atoms with Crippen LogP contribution >= 0.6 is 0 Å². The number of aromatic nitrogens is 1. The molecule has 1 amide bonds. The van der Waals surface area contributed by atoms with Gasteiger partial charge in [-0.2, -0.15) is 17.5 Å². The molecule has 0 spiro atoms. The van der Waals surface area contributed by atoms with Crippen LogP contribution in [0, 0.1) is 0 Å². The first-order chi connectivity index (χ1) is 15.1. The molecule has 32 heavy (non-hydrogen) atoms. The molecule has 1 aromatic heterocycles. The van der Waals surface area contributed by atoms with Gasteiger partial charge >= 0.3 is 6.18 Å². The van der Waals surface area contributed by atoms with E-state index in [2.05, 4.69) is 4.98 Å². The maximum atomic E-state index is 13.6. The lowest BCUT2D eigenvalue weighted by Gasteiger charge is -2.39. The molecule has 0 atom stereocenters. The minimum Gasteiger partial charge on any atom is -0.339 e. The molecule has 2 heterocycles. The zero-order valence-corrected chi connectivity index (χ0v) is 18.2. The van der Waals surface area contributed by atoms with Crippen molar-refractivity contribution in [3.63, 3.8) is 0 Å². The van der Waals surface area contributed by atoms with Gasteiger partial charge in [0, 0.05) is 38.6 Å². The average molecular weight is 468 g/mol. The van der Waals surface area contributed by atoms with E-state index < -0.39 is 27.2 Å². The van der Waals surface area contributed by atoms with Crippen LogP contribution in [0.15, 0.2) is 53.7 Å². The van der Waals surface area contributed by atoms with Gasteiger partial charge in [0.2, 0.25) is 15.9 Å². The maximum Gasteiger partial charge on any atom is 0.416 e. The van der Waals surface area contributed by atoms with Crippen molar-refractivity contribution < 1.29 is 26.4 Å². The average Bonchev–Trinajstić information content (AvgIpc) is 3.30. The first kappa shape index (κ1) is 22.7. The molecule has 0 bridgehead atoms. The van der Waals surface area contributed by atoms with Gasteiger partial charge in [0.05, 0.1) is 11.0 Å². The summed E-state index contributed by atoms with van der Waals surface area (Å²) in [7, 11) is -3.71. The summed E-state index contributed by atoms with van der Waals surface area (Å²) in [6, 6.07) is 8.07. The van der Waals surface area contributed by atoms with Crippen LogP contribution in [0.25, 0.3) is 0 Å². The number of rotatable bonds is 4. The summed E-state index contributed by atoms with van der Waals surface area (Å²) in [5.74, 6) is -0.215. The Morgan fingerprint density at radius 1 is 1.00 bits per heavy atom. The van der Waals surface area contributed by atoms with E-state index in [0.717, 1.165) is 25.0 Å². The van der Waals surface area contributed by atoms with Crippen molar-refractivity contribution in [3.8, 4) is 0 Å². The second kappa shape index (κ2) is 8.47. The number of benzene rings is 1. The largest absolute Gasteiger partial charge is 0.416 e. The topological polar surface area (TPSA) is 70.6 Å². The van der Waals surface area contributed by atoms with Crippen molar-refractivity contribution in [1.82, 2.24) is 14.2 Å². The molecule has 0 radical (unpaired) electrons. The molecule has 0 unspecified atom stereocenters. The summed E-state index contributed by atoms with van der Waals surface area (Å²) in [5, 5.41) is 0. The van der Waals surface area contributed by atoms with Gasteiger partial charge in [-0.05, 0) is 36.6 Å². The fraction of sp³-hybridized carbons (Fsp3) is 0.455. The Hall–Kier alpha value is -2.46. The number of hydrogen-bond acceptors (Lipinski definition) is 4. The van der Waals surface area contributed by atoms with Gasteiger partial charge in [-0.15, -0.1) is 0 Å². The lowest BCUT2D eigenvalue weighted by molar-refractivity contribution is -0.140. The lowest BCUT2D eigenvalue weighted by atomic mass is 9.77. The van der Waals surface area contributed by atoms with Crippen LogP contribution in [0.4, 0.5) is 13.2 Å². The molecule has 10 heteroatoms. The van der Waals surface area contributed by atoms with Crippen molar-refractivity contribution in [1.29, 1.82) is 0 Å². The maximum absolute atomic E-state index is 13.6. The van der Waals surface area contributed by atoms with Crippen molar-refractivity contribution in [3.05, 3.63) is 59.9 Å². The van der Waals surface area contributed by atoms with E-state index in [0.29, 0.717) is 18.4 Å². The number of carbonyl (C=O) groups excluding carboxylic acids is 1. The molecule has 2 fully saturated rings. The number of hydrogen-bond donors (Lipinski definition) is 0. The van der Waals surface area contributed by atoms with Gasteiger partial charge in [-0.25, -0.2) is 8.42 Å². The summed E-state index contributed by atoms with van der Waals surface area (Å²) in [5.41, 5.74) is -1.37. The predicted molar refractivity (Wildman–Crippen MR) is 111 cm³/mol. The molecular formula is C22H24F3N3O3S. The first-order valence-electron chi connectivity index (χ1n) is 10.5. The van der Waals surface area contributed by atoms with Crippen LogP contribution < -0.4 is 0 Å². The van der Waals surface area contributed by atoms with Gasteiger partial charge in [0.1, 0.15) is 4.90 Å². The van der Waals surface area contributed by atoms with Crippen molar-refractivity contribution >= 4 is 15.9 Å². The number of amides is 1. The smallest absolute Gasteiger partial charge is 0.339 e. The van der Waals surface area contributed by atoms with E-state index >= 15 is 0 Å². The van der Waals surface area contributed by atoms with Crippen LogP contribution in [0.5, 0.6) is 0 Å². The monoisotopic (exact) mass is 467 g/mol. The molecule has 172 valence electrons. The highest BCUT2D eigenvalue weighted by molar-refractivity contribution is 7.89. The third-order valence-corrected chi connectivity index (χ3v) is 8.29. The molecule has 2 aromatic rings. The Bertz CT molecular complexity index is 1080. The number of nitrogens with zero attached hydrogens (tertiary/aromatic N) is 3. The quantitative estimate of drug-likeness (QED) is 0.691. The molecule has 1 saturated heterocycles. The van der Waals surface area contributed by atoms with Crippen molar-refractivity contribution in [2.45, 2.75) is 42.2 Å². The zero-order valence-electron chi connectivity index (χ0n) is 17.4. The van der Waals surface area contributed by atoms with Crippen LogP contribution in [0.1, 0.15) is 36.8 Å². The Balaban J connectivity index is 1.54. The number of alkyl halides is 3. The molecule has 1 saturated carbocycles. The zero-order chi connectivity index (χ0) is 23.0. The molecule has 2 aliphatic rings. The van der Waals surface area contributed by atoms with E-state index in [9.17, 15) is 26.4 Å². The van der Waals surface area contributed by atoms with Gasteiger partial charge in [-0.1, -0.05) is 31.0 Å². The molecule has 6 nitrogen and oxygen atoms in total. The number of carbonyl (C=O) groups is 1. The summed E-state index contributed by atoms with van der Waals surface area (Å²) in [6.45, 7) is 0.640. The molecule has 1 aliphatic heterocycles. The van der Waals surface area contributed by atoms with E-state index in [4.69, 9.17) is 0 Å². The fourth-order valence-corrected chi connectivity index (χ4v) is 6.07. The van der Waals surface area contributed by atoms with E-state index in [1.807, 2.05) is 0 Å². The second-order valence-electron chi connectivity index (χ2n) is 8.25. The van der Waals surface area contributed by atoms with Crippen LogP contribution in [0.3, 0.4) is 0 Å². The number of piperazine rings is 1. The lowest BCUT2D eigenvalue weighted by Crippen LogP contribution is -2.55. The minimum absolute atomic E-state index is 0.0935. The third-order valence-electron chi connectivity index (χ3n) is 6.41. The Kier molecular flexibility index (Phi) is 6.02. The Morgan fingerprint density at radius 3 is 2.28 bits per heavy atom. The second-order valence-corrected chi connectivity index (χ2v) is 10.2. The van der Waals surface area contributed by atoms with Crippen molar-refractivity contribution in [2.24, 2.45) is 0 Å². The highest BCUT2D eigenvalue weighted by atomic mass is 32.2. The Labute approximate surface area is 185 Å². The van der Waals surface area contributed by atoms with Gasteiger partial charge in [-0.3, -0.25) is 9.78 Å². The number of halogens is 3.